The molecule has 0 N–H and O–H groups in total. The van der Waals surface area contributed by atoms with E-state index >= 15 is 0 Å². The van der Waals surface area contributed by atoms with Crippen molar-refractivity contribution in [2.75, 3.05) is 4.90 Å². The number of para-hydroxylation sites is 1. The highest BCUT2D eigenvalue weighted by Crippen LogP contribution is 2.51. The second-order valence-corrected chi connectivity index (χ2v) is 6.23. The van der Waals surface area contributed by atoms with Crippen LogP contribution in [0.25, 0.3) is 0 Å². The monoisotopic (exact) mass is 310 g/mol. The van der Waals surface area contributed by atoms with Gasteiger partial charge in [0, 0.05) is 21.0 Å². The fourth-order valence-electron chi connectivity index (χ4n) is 2.46. The van der Waals surface area contributed by atoms with Crippen LogP contribution in [0.5, 0.6) is 0 Å². The third-order valence-corrected chi connectivity index (χ3v) is 4.73. The normalized spacial score (nSPS) is 12.7. The Labute approximate surface area is 132 Å². The molecule has 1 aromatic heterocycles. The summed E-state index contributed by atoms with van der Waals surface area (Å²) in [7, 11) is 0. The van der Waals surface area contributed by atoms with Crippen LogP contribution in [0.15, 0.2) is 76.7 Å². The molecule has 0 unspecified atom stereocenters. The van der Waals surface area contributed by atoms with Crippen molar-refractivity contribution in [2.45, 2.75) is 9.79 Å². The first-order chi connectivity index (χ1) is 10.3. The summed E-state index contributed by atoms with van der Waals surface area (Å²) in [5, 5.41) is 0.731. The van der Waals surface area contributed by atoms with Crippen molar-refractivity contribution in [3.8, 4) is 0 Å². The SMILES string of the molecule is Clc1ccc2c(c1)N(c1ccccn1)c1ccccc1S2. The molecular formula is C17H11ClN2S. The Morgan fingerprint density at radius 2 is 1.67 bits per heavy atom. The van der Waals surface area contributed by atoms with Crippen LogP contribution in [0.2, 0.25) is 5.02 Å². The van der Waals surface area contributed by atoms with Crippen LogP contribution in [-0.4, -0.2) is 4.98 Å². The highest BCUT2D eigenvalue weighted by molar-refractivity contribution is 7.99. The molecule has 4 rings (SSSR count). The average molecular weight is 311 g/mol. The van der Waals surface area contributed by atoms with Crippen molar-refractivity contribution in [2.24, 2.45) is 0 Å². The second-order valence-electron chi connectivity index (χ2n) is 4.71. The lowest BCUT2D eigenvalue weighted by Crippen LogP contribution is -2.15. The Morgan fingerprint density at radius 3 is 2.52 bits per heavy atom. The molecule has 1 aliphatic rings. The van der Waals surface area contributed by atoms with Crippen molar-refractivity contribution < 1.29 is 0 Å². The van der Waals surface area contributed by atoms with Gasteiger partial charge in [0.1, 0.15) is 5.82 Å². The van der Waals surface area contributed by atoms with E-state index < -0.39 is 0 Å². The molecule has 0 amide bonds. The van der Waals surface area contributed by atoms with E-state index in [-0.39, 0.29) is 0 Å². The van der Waals surface area contributed by atoms with E-state index in [0.717, 1.165) is 22.2 Å². The second kappa shape index (κ2) is 5.10. The Hall–Kier alpha value is -1.97. The lowest BCUT2D eigenvalue weighted by molar-refractivity contribution is 1.11. The number of pyridine rings is 1. The summed E-state index contributed by atoms with van der Waals surface area (Å²) in [4.78, 5) is 9.07. The van der Waals surface area contributed by atoms with E-state index in [0.29, 0.717) is 0 Å². The Kier molecular flexibility index (Phi) is 3.09. The topological polar surface area (TPSA) is 16.1 Å². The largest absolute Gasteiger partial charge is 0.293 e. The minimum atomic E-state index is 0.731. The number of hydrogen-bond donors (Lipinski definition) is 0. The van der Waals surface area contributed by atoms with Crippen LogP contribution >= 0.6 is 23.4 Å². The molecule has 2 nitrogen and oxygen atoms in total. The van der Waals surface area contributed by atoms with E-state index in [2.05, 4.69) is 34.1 Å². The molecule has 3 aromatic rings. The summed E-state index contributed by atoms with van der Waals surface area (Å²) >= 11 is 7.96. The van der Waals surface area contributed by atoms with Gasteiger partial charge in [0.2, 0.25) is 0 Å². The lowest BCUT2D eigenvalue weighted by atomic mass is 10.2. The van der Waals surface area contributed by atoms with Crippen molar-refractivity contribution in [1.82, 2.24) is 4.98 Å². The molecule has 1 aliphatic heterocycles. The number of rotatable bonds is 1. The number of benzene rings is 2. The highest BCUT2D eigenvalue weighted by Gasteiger charge is 2.25. The lowest BCUT2D eigenvalue weighted by Gasteiger charge is -2.31. The molecule has 102 valence electrons. The minimum absolute atomic E-state index is 0.731. The van der Waals surface area contributed by atoms with Crippen LogP contribution in [0.4, 0.5) is 17.2 Å². The third kappa shape index (κ3) is 2.19. The third-order valence-electron chi connectivity index (χ3n) is 3.37. The molecule has 0 fully saturated rings. The van der Waals surface area contributed by atoms with Gasteiger partial charge in [-0.3, -0.25) is 4.90 Å². The van der Waals surface area contributed by atoms with Gasteiger partial charge in [0.15, 0.2) is 0 Å². The summed E-state index contributed by atoms with van der Waals surface area (Å²) in [6, 6.07) is 20.3. The van der Waals surface area contributed by atoms with Gasteiger partial charge in [-0.2, -0.15) is 0 Å². The van der Waals surface area contributed by atoms with E-state index in [1.807, 2.05) is 42.6 Å². The van der Waals surface area contributed by atoms with E-state index in [1.54, 1.807) is 11.8 Å². The maximum atomic E-state index is 6.20. The molecule has 0 saturated carbocycles. The fourth-order valence-corrected chi connectivity index (χ4v) is 3.67. The standard InChI is InChI=1S/C17H11ClN2S/c18-12-8-9-16-14(11-12)20(17-7-3-4-10-19-17)13-5-1-2-6-15(13)21-16/h1-11H. The molecular weight excluding hydrogens is 300 g/mol. The number of halogens is 1. The maximum absolute atomic E-state index is 6.20. The highest BCUT2D eigenvalue weighted by atomic mass is 35.5. The summed E-state index contributed by atoms with van der Waals surface area (Å²) in [6.45, 7) is 0. The number of hydrogen-bond acceptors (Lipinski definition) is 3. The Bertz CT molecular complexity index is 805. The molecule has 2 heterocycles. The first kappa shape index (κ1) is 12.7. The zero-order valence-electron chi connectivity index (χ0n) is 11.0. The first-order valence-electron chi connectivity index (χ1n) is 6.60. The van der Waals surface area contributed by atoms with Crippen LogP contribution in [0, 0.1) is 0 Å². The molecule has 2 aromatic carbocycles. The Balaban J connectivity index is 1.98. The Morgan fingerprint density at radius 1 is 0.857 bits per heavy atom. The number of aromatic nitrogens is 1. The van der Waals surface area contributed by atoms with Crippen LogP contribution in [0.3, 0.4) is 0 Å². The quantitative estimate of drug-likeness (QED) is 0.450. The van der Waals surface area contributed by atoms with Crippen molar-refractivity contribution in [3.05, 3.63) is 71.9 Å². The zero-order chi connectivity index (χ0) is 14.2. The summed E-state index contributed by atoms with van der Waals surface area (Å²) < 4.78 is 0. The molecule has 0 spiro atoms. The average Bonchev–Trinajstić information content (AvgIpc) is 2.53. The van der Waals surface area contributed by atoms with Crippen LogP contribution < -0.4 is 4.90 Å². The molecule has 0 aliphatic carbocycles. The number of anilines is 3. The minimum Gasteiger partial charge on any atom is -0.293 e. The summed E-state index contributed by atoms with van der Waals surface area (Å²) in [6.07, 6.45) is 1.81. The van der Waals surface area contributed by atoms with Gasteiger partial charge >= 0.3 is 0 Å². The van der Waals surface area contributed by atoms with E-state index in [4.69, 9.17) is 11.6 Å². The van der Waals surface area contributed by atoms with Crippen molar-refractivity contribution in [1.29, 1.82) is 0 Å². The van der Waals surface area contributed by atoms with Crippen molar-refractivity contribution >= 4 is 40.6 Å². The van der Waals surface area contributed by atoms with Gasteiger partial charge in [-0.05, 0) is 42.5 Å². The zero-order valence-corrected chi connectivity index (χ0v) is 12.6. The van der Waals surface area contributed by atoms with Gasteiger partial charge in [-0.15, -0.1) is 0 Å². The summed E-state index contributed by atoms with van der Waals surface area (Å²) in [5.74, 6) is 0.897. The number of fused-ring (bicyclic) bond motifs is 2. The predicted octanol–water partition coefficient (Wildman–Crippen LogP) is 5.67. The molecule has 4 heteroatoms. The predicted molar refractivity (Wildman–Crippen MR) is 88.1 cm³/mol. The first-order valence-corrected chi connectivity index (χ1v) is 7.80. The van der Waals surface area contributed by atoms with E-state index in [1.165, 1.54) is 9.79 Å². The number of nitrogens with zero attached hydrogens (tertiary/aromatic N) is 2. The van der Waals surface area contributed by atoms with Gasteiger partial charge in [0.05, 0.1) is 11.4 Å². The summed E-state index contributed by atoms with van der Waals surface area (Å²) in [5.41, 5.74) is 2.21. The van der Waals surface area contributed by atoms with E-state index in [9.17, 15) is 0 Å². The molecule has 0 atom stereocenters. The van der Waals surface area contributed by atoms with Crippen LogP contribution in [0.1, 0.15) is 0 Å². The van der Waals surface area contributed by atoms with Gasteiger partial charge in [-0.1, -0.05) is 41.6 Å². The fraction of sp³-hybridized carbons (Fsp3) is 0. The van der Waals surface area contributed by atoms with Crippen LogP contribution in [-0.2, 0) is 0 Å². The molecule has 0 radical (unpaired) electrons. The maximum Gasteiger partial charge on any atom is 0.137 e. The van der Waals surface area contributed by atoms with Gasteiger partial charge in [0.25, 0.3) is 0 Å². The molecule has 21 heavy (non-hydrogen) atoms. The smallest absolute Gasteiger partial charge is 0.137 e. The van der Waals surface area contributed by atoms with Gasteiger partial charge in [-0.25, -0.2) is 4.98 Å². The molecule has 0 saturated heterocycles. The molecule has 0 bridgehead atoms. The van der Waals surface area contributed by atoms with Crippen molar-refractivity contribution in [3.63, 3.8) is 0 Å². The van der Waals surface area contributed by atoms with Gasteiger partial charge < -0.3 is 0 Å².